The van der Waals surface area contributed by atoms with E-state index in [-0.39, 0.29) is 5.91 Å². The summed E-state index contributed by atoms with van der Waals surface area (Å²) >= 11 is 6.16. The zero-order valence-corrected chi connectivity index (χ0v) is 12.9. The highest BCUT2D eigenvalue weighted by atomic mass is 35.5. The number of halogens is 1. The van der Waals surface area contributed by atoms with Crippen molar-refractivity contribution >= 4 is 17.5 Å². The van der Waals surface area contributed by atoms with Gasteiger partial charge in [-0.2, -0.15) is 0 Å². The highest BCUT2D eigenvalue weighted by Gasteiger charge is 2.13. The molecule has 0 radical (unpaired) electrons. The summed E-state index contributed by atoms with van der Waals surface area (Å²) < 4.78 is 0. The summed E-state index contributed by atoms with van der Waals surface area (Å²) in [6.45, 7) is 3.23. The number of aromatic nitrogens is 1. The predicted molar refractivity (Wildman–Crippen MR) is 85.1 cm³/mol. The largest absolute Gasteiger partial charge is 0.339 e. The Labute approximate surface area is 130 Å². The van der Waals surface area contributed by atoms with Crippen molar-refractivity contribution in [2.45, 2.75) is 26.3 Å². The zero-order valence-electron chi connectivity index (χ0n) is 12.1. The molecular weight excluding hydrogens is 284 g/mol. The van der Waals surface area contributed by atoms with Gasteiger partial charge in [-0.3, -0.25) is 9.78 Å². The zero-order chi connectivity index (χ0) is 15.1. The van der Waals surface area contributed by atoms with Crippen LogP contribution in [-0.4, -0.2) is 22.3 Å². The Hall–Kier alpha value is -1.87. The van der Waals surface area contributed by atoms with E-state index in [1.807, 2.05) is 48.2 Å². The van der Waals surface area contributed by atoms with E-state index in [1.54, 1.807) is 12.4 Å². The minimum Gasteiger partial charge on any atom is -0.339 e. The Bertz CT molecular complexity index is 586. The van der Waals surface area contributed by atoms with Crippen molar-refractivity contribution in [2.75, 3.05) is 6.54 Å². The minimum atomic E-state index is 0.147. The van der Waals surface area contributed by atoms with Crippen LogP contribution < -0.4 is 0 Å². The molecule has 0 fully saturated rings. The molecule has 110 valence electrons. The number of amides is 1. The molecule has 0 saturated heterocycles. The molecule has 2 aromatic rings. The topological polar surface area (TPSA) is 33.2 Å². The van der Waals surface area contributed by atoms with Crippen molar-refractivity contribution in [3.8, 4) is 0 Å². The maximum atomic E-state index is 12.3. The fourth-order valence-electron chi connectivity index (χ4n) is 2.17. The van der Waals surface area contributed by atoms with E-state index >= 15 is 0 Å². The van der Waals surface area contributed by atoms with Crippen molar-refractivity contribution < 1.29 is 4.79 Å². The highest BCUT2D eigenvalue weighted by Crippen LogP contribution is 2.17. The van der Waals surface area contributed by atoms with Crippen LogP contribution >= 0.6 is 11.6 Å². The van der Waals surface area contributed by atoms with Gasteiger partial charge in [-0.05, 0) is 42.7 Å². The second kappa shape index (κ2) is 7.79. The van der Waals surface area contributed by atoms with Crippen molar-refractivity contribution in [1.82, 2.24) is 9.88 Å². The number of hydrogen-bond acceptors (Lipinski definition) is 2. The van der Waals surface area contributed by atoms with Gasteiger partial charge in [-0.15, -0.1) is 0 Å². The van der Waals surface area contributed by atoms with Gasteiger partial charge in [0.2, 0.25) is 5.91 Å². The Balaban J connectivity index is 1.94. The Morgan fingerprint density at radius 2 is 1.90 bits per heavy atom. The first-order chi connectivity index (χ1) is 10.2. The number of rotatable bonds is 6. The number of hydrogen-bond donors (Lipinski definition) is 0. The van der Waals surface area contributed by atoms with Gasteiger partial charge in [0.15, 0.2) is 0 Å². The molecule has 0 spiro atoms. The van der Waals surface area contributed by atoms with Crippen LogP contribution in [0.25, 0.3) is 0 Å². The third-order valence-electron chi connectivity index (χ3n) is 3.43. The Morgan fingerprint density at radius 3 is 2.57 bits per heavy atom. The van der Waals surface area contributed by atoms with Crippen LogP contribution in [0.1, 0.15) is 24.5 Å². The molecule has 0 aliphatic carbocycles. The molecule has 0 aliphatic heterocycles. The maximum Gasteiger partial charge on any atom is 0.223 e. The third kappa shape index (κ3) is 4.57. The number of aryl methyl sites for hydroxylation is 1. The van der Waals surface area contributed by atoms with E-state index in [9.17, 15) is 4.79 Å². The van der Waals surface area contributed by atoms with Gasteiger partial charge in [0.25, 0.3) is 0 Å². The van der Waals surface area contributed by atoms with Crippen molar-refractivity contribution in [1.29, 1.82) is 0 Å². The lowest BCUT2D eigenvalue weighted by atomic mass is 10.1. The second-order valence-corrected chi connectivity index (χ2v) is 5.26. The summed E-state index contributed by atoms with van der Waals surface area (Å²) in [6.07, 6.45) is 4.74. The lowest BCUT2D eigenvalue weighted by Crippen LogP contribution is -2.30. The van der Waals surface area contributed by atoms with Crippen LogP contribution in [0.2, 0.25) is 5.02 Å². The normalized spacial score (nSPS) is 10.4. The van der Waals surface area contributed by atoms with E-state index in [0.717, 1.165) is 17.5 Å². The van der Waals surface area contributed by atoms with E-state index < -0.39 is 0 Å². The first kappa shape index (κ1) is 15.5. The average Bonchev–Trinajstić information content (AvgIpc) is 2.53. The lowest BCUT2D eigenvalue weighted by Gasteiger charge is -2.21. The summed E-state index contributed by atoms with van der Waals surface area (Å²) in [5.74, 6) is 0.147. The number of nitrogens with zero attached hydrogens (tertiary/aromatic N) is 2. The second-order valence-electron chi connectivity index (χ2n) is 4.85. The summed E-state index contributed by atoms with van der Waals surface area (Å²) in [6, 6.07) is 11.5. The highest BCUT2D eigenvalue weighted by molar-refractivity contribution is 6.31. The smallest absolute Gasteiger partial charge is 0.223 e. The Kier molecular flexibility index (Phi) is 5.76. The van der Waals surface area contributed by atoms with Gasteiger partial charge in [-0.1, -0.05) is 29.8 Å². The number of pyridine rings is 1. The average molecular weight is 303 g/mol. The van der Waals surface area contributed by atoms with Gasteiger partial charge in [0.05, 0.1) is 0 Å². The quantitative estimate of drug-likeness (QED) is 0.815. The molecule has 2 rings (SSSR count). The molecule has 1 aromatic heterocycles. The maximum absolute atomic E-state index is 12.3. The summed E-state index contributed by atoms with van der Waals surface area (Å²) in [4.78, 5) is 18.1. The van der Waals surface area contributed by atoms with E-state index in [2.05, 4.69) is 4.98 Å². The van der Waals surface area contributed by atoms with Crippen LogP contribution in [0, 0.1) is 0 Å². The first-order valence-corrected chi connectivity index (χ1v) is 7.48. The minimum absolute atomic E-state index is 0.147. The van der Waals surface area contributed by atoms with Crippen LogP contribution in [0.15, 0.2) is 48.8 Å². The van der Waals surface area contributed by atoms with Gasteiger partial charge < -0.3 is 4.90 Å². The number of benzene rings is 1. The standard InChI is InChI=1S/C17H19ClN2O/c1-2-20(13-15-5-3-4-6-16(15)18)17(21)8-7-14-9-11-19-12-10-14/h3-6,9-12H,2,7-8,13H2,1H3. The van der Waals surface area contributed by atoms with Crippen LogP contribution in [0.3, 0.4) is 0 Å². The fourth-order valence-corrected chi connectivity index (χ4v) is 2.36. The monoisotopic (exact) mass is 302 g/mol. The van der Waals surface area contributed by atoms with Crippen LogP contribution in [0.5, 0.6) is 0 Å². The van der Waals surface area contributed by atoms with Gasteiger partial charge in [0.1, 0.15) is 0 Å². The molecule has 0 aliphatic rings. The molecule has 3 nitrogen and oxygen atoms in total. The molecular formula is C17H19ClN2O. The third-order valence-corrected chi connectivity index (χ3v) is 3.80. The molecule has 4 heteroatoms. The van der Waals surface area contributed by atoms with Gasteiger partial charge >= 0.3 is 0 Å². The number of carbonyl (C=O) groups is 1. The first-order valence-electron chi connectivity index (χ1n) is 7.10. The summed E-state index contributed by atoms with van der Waals surface area (Å²) in [5, 5.41) is 0.706. The SMILES string of the molecule is CCN(Cc1ccccc1Cl)C(=O)CCc1ccncc1. The van der Waals surface area contributed by atoms with Gasteiger partial charge in [-0.25, -0.2) is 0 Å². The molecule has 1 heterocycles. The molecule has 0 atom stereocenters. The van der Waals surface area contributed by atoms with E-state index in [0.29, 0.717) is 24.5 Å². The molecule has 1 aromatic carbocycles. The molecule has 0 saturated carbocycles. The van der Waals surface area contributed by atoms with Gasteiger partial charge in [0, 0.05) is 36.9 Å². The van der Waals surface area contributed by atoms with E-state index in [4.69, 9.17) is 11.6 Å². The summed E-state index contributed by atoms with van der Waals surface area (Å²) in [5.41, 5.74) is 2.12. The predicted octanol–water partition coefficient (Wildman–Crippen LogP) is 3.72. The number of carbonyl (C=O) groups excluding carboxylic acids is 1. The van der Waals surface area contributed by atoms with Crippen LogP contribution in [0.4, 0.5) is 0 Å². The molecule has 0 unspecified atom stereocenters. The van der Waals surface area contributed by atoms with Crippen molar-refractivity contribution in [3.63, 3.8) is 0 Å². The molecule has 0 bridgehead atoms. The lowest BCUT2D eigenvalue weighted by molar-refractivity contribution is -0.131. The molecule has 21 heavy (non-hydrogen) atoms. The van der Waals surface area contributed by atoms with Crippen molar-refractivity contribution in [3.05, 3.63) is 64.9 Å². The van der Waals surface area contributed by atoms with Crippen LogP contribution in [-0.2, 0) is 17.8 Å². The Morgan fingerprint density at radius 1 is 1.19 bits per heavy atom. The van der Waals surface area contributed by atoms with Crippen molar-refractivity contribution in [2.24, 2.45) is 0 Å². The molecule has 0 N–H and O–H groups in total. The summed E-state index contributed by atoms with van der Waals surface area (Å²) in [7, 11) is 0. The van der Waals surface area contributed by atoms with E-state index in [1.165, 1.54) is 0 Å². The fraction of sp³-hybridized carbons (Fsp3) is 0.294. The molecule has 1 amide bonds.